The monoisotopic (exact) mass is 328 g/mol. The van der Waals surface area contributed by atoms with E-state index in [0.29, 0.717) is 12.1 Å². The number of hydrogen-bond acceptors (Lipinski definition) is 4. The normalized spacial score (nSPS) is 17.3. The maximum Gasteiger partial charge on any atom is 0.270 e. The molecule has 1 aromatic carbocycles. The molecule has 2 aromatic rings. The molecule has 118 valence electrons. The first-order valence-corrected chi connectivity index (χ1v) is 8.23. The van der Waals surface area contributed by atoms with Gasteiger partial charge in [-0.15, -0.1) is 11.3 Å². The van der Waals surface area contributed by atoms with Crippen LogP contribution in [0.5, 0.6) is 0 Å². The molecule has 0 N–H and O–H groups in total. The van der Waals surface area contributed by atoms with Crippen molar-refractivity contribution in [3.05, 3.63) is 67.9 Å². The largest absolute Gasteiger partial charge is 0.332 e. The Morgan fingerprint density at radius 1 is 1.43 bits per heavy atom. The lowest BCUT2D eigenvalue weighted by atomic mass is 10.0. The quantitative estimate of drug-likeness (QED) is 0.489. The van der Waals surface area contributed by atoms with Crippen LogP contribution in [0.15, 0.2) is 41.8 Å². The second kappa shape index (κ2) is 6.34. The number of carbonyl (C=O) groups is 1. The van der Waals surface area contributed by atoms with Crippen LogP contribution in [-0.4, -0.2) is 22.3 Å². The predicted molar refractivity (Wildman–Crippen MR) is 90.3 cm³/mol. The molecule has 3 rings (SSSR count). The molecular weight excluding hydrogens is 312 g/mol. The molecule has 0 saturated carbocycles. The number of benzene rings is 1. The molecule has 0 radical (unpaired) electrons. The highest BCUT2D eigenvalue weighted by molar-refractivity contribution is 7.10. The Balaban J connectivity index is 1.75. The Labute approximate surface area is 138 Å². The van der Waals surface area contributed by atoms with Crippen LogP contribution >= 0.6 is 11.3 Å². The van der Waals surface area contributed by atoms with Crippen molar-refractivity contribution in [1.82, 2.24) is 4.90 Å². The zero-order valence-corrected chi connectivity index (χ0v) is 13.5. The van der Waals surface area contributed by atoms with Crippen molar-refractivity contribution in [2.24, 2.45) is 0 Å². The van der Waals surface area contributed by atoms with Gasteiger partial charge in [-0.25, -0.2) is 0 Å². The van der Waals surface area contributed by atoms with E-state index in [0.717, 1.165) is 6.42 Å². The summed E-state index contributed by atoms with van der Waals surface area (Å²) < 4.78 is 0. The number of thiophene rings is 1. The number of nitro benzene ring substituents is 1. The van der Waals surface area contributed by atoms with Gasteiger partial charge in [0, 0.05) is 29.6 Å². The summed E-state index contributed by atoms with van der Waals surface area (Å²) in [4.78, 5) is 26.0. The standard InChI is InChI=1S/C17H16N2O3S/c1-12-15-8-10-23-16(15)7-9-18(12)17(20)6-5-13-3-2-4-14(11-13)19(21)22/h2-6,8,10-12H,7,9H2,1H3/b6-5+. The third kappa shape index (κ3) is 3.17. The molecule has 0 aliphatic carbocycles. The van der Waals surface area contributed by atoms with Gasteiger partial charge in [-0.1, -0.05) is 12.1 Å². The first kappa shape index (κ1) is 15.4. The van der Waals surface area contributed by atoms with Crippen molar-refractivity contribution < 1.29 is 9.72 Å². The van der Waals surface area contributed by atoms with Crippen molar-refractivity contribution in [1.29, 1.82) is 0 Å². The summed E-state index contributed by atoms with van der Waals surface area (Å²) in [7, 11) is 0. The fraction of sp³-hybridized carbons (Fsp3) is 0.235. The van der Waals surface area contributed by atoms with E-state index in [4.69, 9.17) is 0 Å². The first-order chi connectivity index (χ1) is 11.1. The summed E-state index contributed by atoms with van der Waals surface area (Å²) in [6.07, 6.45) is 4.01. The molecule has 0 saturated heterocycles. The number of nitro groups is 1. The van der Waals surface area contributed by atoms with E-state index in [1.165, 1.54) is 28.6 Å². The molecule has 0 fully saturated rings. The minimum Gasteiger partial charge on any atom is -0.332 e. The van der Waals surface area contributed by atoms with Crippen molar-refractivity contribution in [3.63, 3.8) is 0 Å². The lowest BCUT2D eigenvalue weighted by Gasteiger charge is -2.32. The van der Waals surface area contributed by atoms with Crippen LogP contribution in [-0.2, 0) is 11.2 Å². The fourth-order valence-electron chi connectivity index (χ4n) is 2.82. The lowest BCUT2D eigenvalue weighted by molar-refractivity contribution is -0.384. The second-order valence-corrected chi connectivity index (χ2v) is 6.44. The number of carbonyl (C=O) groups excluding carboxylic acids is 1. The van der Waals surface area contributed by atoms with Gasteiger partial charge in [0.25, 0.3) is 5.69 Å². The highest BCUT2D eigenvalue weighted by atomic mass is 32.1. The van der Waals surface area contributed by atoms with Crippen molar-refractivity contribution in [2.45, 2.75) is 19.4 Å². The Hall–Kier alpha value is -2.47. The third-order valence-corrected chi connectivity index (χ3v) is 5.06. The van der Waals surface area contributed by atoms with Gasteiger partial charge in [0.2, 0.25) is 5.91 Å². The third-order valence-electron chi connectivity index (χ3n) is 4.06. The van der Waals surface area contributed by atoms with Gasteiger partial charge in [0.15, 0.2) is 0 Å². The van der Waals surface area contributed by atoms with Gasteiger partial charge in [-0.05, 0) is 42.0 Å². The Morgan fingerprint density at radius 2 is 2.26 bits per heavy atom. The van der Waals surface area contributed by atoms with Crippen LogP contribution < -0.4 is 0 Å². The molecule has 0 spiro atoms. The van der Waals surface area contributed by atoms with Gasteiger partial charge in [0.1, 0.15) is 0 Å². The molecule has 0 bridgehead atoms. The average molecular weight is 328 g/mol. The van der Waals surface area contributed by atoms with E-state index in [1.54, 1.807) is 29.5 Å². The van der Waals surface area contributed by atoms with E-state index in [-0.39, 0.29) is 17.6 Å². The summed E-state index contributed by atoms with van der Waals surface area (Å²) in [5, 5.41) is 12.8. The summed E-state index contributed by atoms with van der Waals surface area (Å²) in [6.45, 7) is 2.73. The number of non-ortho nitro benzene ring substituents is 1. The van der Waals surface area contributed by atoms with Crippen LogP contribution in [0, 0.1) is 10.1 Å². The maximum absolute atomic E-state index is 12.4. The molecule has 1 amide bonds. The Morgan fingerprint density at radius 3 is 3.04 bits per heavy atom. The number of fused-ring (bicyclic) bond motifs is 1. The van der Waals surface area contributed by atoms with Gasteiger partial charge in [0.05, 0.1) is 11.0 Å². The SMILES string of the molecule is CC1c2ccsc2CCN1C(=O)/C=C/c1cccc([N+](=O)[O-])c1. The molecule has 6 heteroatoms. The van der Waals surface area contributed by atoms with Crippen LogP contribution in [0.3, 0.4) is 0 Å². The zero-order valence-electron chi connectivity index (χ0n) is 12.6. The second-order valence-electron chi connectivity index (χ2n) is 5.44. The lowest BCUT2D eigenvalue weighted by Crippen LogP contribution is -2.37. The maximum atomic E-state index is 12.4. The minimum absolute atomic E-state index is 0.0221. The summed E-state index contributed by atoms with van der Waals surface area (Å²) >= 11 is 1.74. The average Bonchev–Trinajstić information content (AvgIpc) is 3.03. The Kier molecular flexibility index (Phi) is 4.25. The van der Waals surface area contributed by atoms with E-state index in [9.17, 15) is 14.9 Å². The molecule has 1 atom stereocenters. The van der Waals surface area contributed by atoms with Crippen LogP contribution in [0.2, 0.25) is 0 Å². The topological polar surface area (TPSA) is 63.5 Å². The molecule has 23 heavy (non-hydrogen) atoms. The van der Waals surface area contributed by atoms with Crippen molar-refractivity contribution in [3.8, 4) is 0 Å². The zero-order chi connectivity index (χ0) is 16.4. The fourth-order valence-corrected chi connectivity index (χ4v) is 3.78. The van der Waals surface area contributed by atoms with Gasteiger partial charge >= 0.3 is 0 Å². The molecule has 2 heterocycles. The van der Waals surface area contributed by atoms with Crippen molar-refractivity contribution >= 4 is 29.0 Å². The highest BCUT2D eigenvalue weighted by Crippen LogP contribution is 2.32. The molecule has 1 aliphatic rings. The summed E-state index contributed by atoms with van der Waals surface area (Å²) in [5.41, 5.74) is 1.89. The van der Waals surface area contributed by atoms with Crippen LogP contribution in [0.25, 0.3) is 6.08 Å². The summed E-state index contributed by atoms with van der Waals surface area (Å²) in [6, 6.07) is 8.39. The van der Waals surface area contributed by atoms with Gasteiger partial charge < -0.3 is 4.90 Å². The molecule has 1 unspecified atom stereocenters. The minimum atomic E-state index is -0.441. The highest BCUT2D eigenvalue weighted by Gasteiger charge is 2.26. The smallest absolute Gasteiger partial charge is 0.270 e. The van der Waals surface area contributed by atoms with Gasteiger partial charge in [-0.2, -0.15) is 0 Å². The van der Waals surface area contributed by atoms with Crippen molar-refractivity contribution in [2.75, 3.05) is 6.54 Å². The van der Waals surface area contributed by atoms with Crippen LogP contribution in [0.1, 0.15) is 29.0 Å². The van der Waals surface area contributed by atoms with Crippen LogP contribution in [0.4, 0.5) is 5.69 Å². The van der Waals surface area contributed by atoms with Gasteiger partial charge in [-0.3, -0.25) is 14.9 Å². The van der Waals surface area contributed by atoms with E-state index in [1.807, 2.05) is 11.8 Å². The van der Waals surface area contributed by atoms with E-state index < -0.39 is 4.92 Å². The predicted octanol–water partition coefficient (Wildman–Crippen LogP) is 3.82. The molecule has 5 nitrogen and oxygen atoms in total. The number of nitrogens with zero attached hydrogens (tertiary/aromatic N) is 2. The summed E-state index contributed by atoms with van der Waals surface area (Å²) in [5.74, 6) is -0.0687. The number of amides is 1. The van der Waals surface area contributed by atoms with E-state index in [2.05, 4.69) is 11.4 Å². The van der Waals surface area contributed by atoms with E-state index >= 15 is 0 Å². The molecular formula is C17H16N2O3S. The number of hydrogen-bond donors (Lipinski definition) is 0. The first-order valence-electron chi connectivity index (χ1n) is 7.35. The Bertz CT molecular complexity index is 782. The molecule has 1 aliphatic heterocycles. The molecule has 1 aromatic heterocycles. The number of rotatable bonds is 3.